The molecule has 27 heavy (non-hydrogen) atoms. The second-order valence-corrected chi connectivity index (χ2v) is 7.93. The fraction of sp³-hybridized carbons (Fsp3) is 0.450. The third-order valence-corrected chi connectivity index (χ3v) is 5.81. The molecule has 1 atom stereocenters. The molecule has 1 fully saturated rings. The van der Waals surface area contributed by atoms with Gasteiger partial charge in [0.2, 0.25) is 5.95 Å². The summed E-state index contributed by atoms with van der Waals surface area (Å²) >= 11 is 0. The summed E-state index contributed by atoms with van der Waals surface area (Å²) in [5, 5.41) is 0. The average molecular weight is 367 g/mol. The molecule has 1 aromatic carbocycles. The molecule has 1 aliphatic heterocycles. The maximum Gasteiger partial charge on any atom is 0.329 e. The Morgan fingerprint density at radius 1 is 1.15 bits per heavy atom. The highest BCUT2D eigenvalue weighted by atomic mass is 16.2. The van der Waals surface area contributed by atoms with E-state index in [0.717, 1.165) is 38.3 Å². The molecule has 0 unspecified atom stereocenters. The van der Waals surface area contributed by atoms with Gasteiger partial charge in [0.05, 0.1) is 0 Å². The summed E-state index contributed by atoms with van der Waals surface area (Å²) in [7, 11) is 3.47. The Kier molecular flexibility index (Phi) is 4.17. The summed E-state index contributed by atoms with van der Waals surface area (Å²) in [6.07, 6.45) is 3.25. The number of benzene rings is 1. The third kappa shape index (κ3) is 3.07. The highest BCUT2D eigenvalue weighted by Gasteiger charge is 2.35. The van der Waals surface area contributed by atoms with Crippen LogP contribution < -0.4 is 16.1 Å². The number of hydrogen-bond donors (Lipinski definition) is 1. The quantitative estimate of drug-likeness (QED) is 0.763. The van der Waals surface area contributed by atoms with E-state index in [1.807, 2.05) is 13.1 Å². The zero-order chi connectivity index (χ0) is 19.2. The van der Waals surface area contributed by atoms with Gasteiger partial charge >= 0.3 is 5.69 Å². The van der Waals surface area contributed by atoms with Crippen LogP contribution in [0.3, 0.4) is 0 Å². The van der Waals surface area contributed by atoms with Gasteiger partial charge in [0.25, 0.3) is 5.56 Å². The monoisotopic (exact) mass is 367 g/mol. The fourth-order valence-corrected chi connectivity index (χ4v) is 4.07. The second-order valence-electron chi connectivity index (χ2n) is 7.93. The van der Waals surface area contributed by atoms with Crippen LogP contribution in [0.5, 0.6) is 0 Å². The van der Waals surface area contributed by atoms with Crippen LogP contribution in [-0.4, -0.2) is 32.2 Å². The highest BCUT2D eigenvalue weighted by molar-refractivity contribution is 5.74. The Hall–Kier alpha value is -2.83. The molecular weight excluding hydrogens is 342 g/mol. The first-order chi connectivity index (χ1) is 12.9. The number of imidazole rings is 1. The molecule has 0 spiro atoms. The smallest absolute Gasteiger partial charge is 0.329 e. The van der Waals surface area contributed by atoms with Gasteiger partial charge in [-0.1, -0.05) is 37.3 Å². The van der Waals surface area contributed by atoms with Crippen LogP contribution in [0.4, 0.5) is 5.95 Å². The lowest BCUT2D eigenvalue weighted by Gasteiger charge is -2.25. The lowest BCUT2D eigenvalue weighted by atomic mass is 9.83. The van der Waals surface area contributed by atoms with Crippen molar-refractivity contribution in [1.82, 2.24) is 19.1 Å². The van der Waals surface area contributed by atoms with Gasteiger partial charge in [-0.2, -0.15) is 4.98 Å². The normalized spacial score (nSPS) is 19.9. The van der Waals surface area contributed by atoms with Crippen LogP contribution in [0.2, 0.25) is 0 Å². The van der Waals surface area contributed by atoms with Gasteiger partial charge < -0.3 is 9.47 Å². The number of aryl methyl sites for hydroxylation is 3. The molecule has 0 bridgehead atoms. The summed E-state index contributed by atoms with van der Waals surface area (Å²) in [6, 6.07) is 10.6. The van der Waals surface area contributed by atoms with Crippen LogP contribution in [0.25, 0.3) is 11.2 Å². The van der Waals surface area contributed by atoms with E-state index in [0.29, 0.717) is 11.2 Å². The molecule has 4 rings (SSSR count). The lowest BCUT2D eigenvalue weighted by molar-refractivity contribution is 0.338. The molecular formula is C20H25N5O2. The van der Waals surface area contributed by atoms with Gasteiger partial charge in [0.1, 0.15) is 0 Å². The van der Waals surface area contributed by atoms with Gasteiger partial charge in [0, 0.05) is 27.2 Å². The minimum atomic E-state index is -0.439. The number of fused-ring (bicyclic) bond motifs is 1. The number of hydrogen-bond acceptors (Lipinski definition) is 4. The molecule has 0 saturated carbocycles. The molecule has 7 nitrogen and oxygen atoms in total. The summed E-state index contributed by atoms with van der Waals surface area (Å²) in [4.78, 5) is 33.3. The van der Waals surface area contributed by atoms with Crippen molar-refractivity contribution in [2.75, 3.05) is 18.0 Å². The largest absolute Gasteiger partial charge is 0.342 e. The fourth-order valence-electron chi connectivity index (χ4n) is 4.07. The zero-order valence-electron chi connectivity index (χ0n) is 16.0. The molecule has 0 radical (unpaired) electrons. The van der Waals surface area contributed by atoms with Crippen molar-refractivity contribution in [3.8, 4) is 0 Å². The van der Waals surface area contributed by atoms with Crippen molar-refractivity contribution in [3.63, 3.8) is 0 Å². The molecule has 0 amide bonds. The predicted molar refractivity (Wildman–Crippen MR) is 106 cm³/mol. The number of aromatic amines is 1. The minimum Gasteiger partial charge on any atom is -0.342 e. The Balaban J connectivity index is 1.59. The first-order valence-corrected chi connectivity index (χ1v) is 9.33. The molecule has 3 aromatic rings. The first kappa shape index (κ1) is 17.6. The van der Waals surface area contributed by atoms with Crippen LogP contribution in [0.15, 0.2) is 39.9 Å². The van der Waals surface area contributed by atoms with E-state index in [2.05, 4.69) is 46.1 Å². The Morgan fingerprint density at radius 2 is 1.89 bits per heavy atom. The molecule has 3 heterocycles. The second kappa shape index (κ2) is 6.40. The molecule has 1 saturated heterocycles. The van der Waals surface area contributed by atoms with Crippen LogP contribution in [0.1, 0.15) is 25.3 Å². The molecule has 142 valence electrons. The molecule has 7 heteroatoms. The highest BCUT2D eigenvalue weighted by Crippen LogP contribution is 2.37. The van der Waals surface area contributed by atoms with Crippen LogP contribution >= 0.6 is 0 Å². The summed E-state index contributed by atoms with van der Waals surface area (Å²) < 4.78 is 3.20. The standard InChI is InChI=1S/C20H25N5O2/c1-20(10-9-14-7-5-4-6-8-14)11-12-25(13-20)18-21-16-15(23(18)2)17(26)22-19(27)24(16)3/h4-8H,9-13H2,1-3H3,(H,22,26,27)/t20-/m0/s1. The van der Waals surface area contributed by atoms with E-state index >= 15 is 0 Å². The van der Waals surface area contributed by atoms with Crippen molar-refractivity contribution in [3.05, 3.63) is 56.7 Å². The van der Waals surface area contributed by atoms with Crippen molar-refractivity contribution in [1.29, 1.82) is 0 Å². The number of rotatable bonds is 4. The average Bonchev–Trinajstić information content (AvgIpc) is 3.20. The first-order valence-electron chi connectivity index (χ1n) is 9.33. The van der Waals surface area contributed by atoms with Crippen LogP contribution in [-0.2, 0) is 20.5 Å². The number of nitrogens with zero attached hydrogens (tertiary/aromatic N) is 4. The third-order valence-electron chi connectivity index (χ3n) is 5.81. The van der Waals surface area contributed by atoms with Crippen molar-refractivity contribution < 1.29 is 0 Å². The Morgan fingerprint density at radius 3 is 2.63 bits per heavy atom. The summed E-state index contributed by atoms with van der Waals surface area (Å²) in [5.74, 6) is 0.750. The Bertz CT molecular complexity index is 1100. The molecule has 1 aliphatic rings. The SMILES string of the molecule is Cn1c(N2CC[C@](C)(CCc3ccccc3)C2)nc2c1c(=O)[nH]c(=O)n2C. The van der Waals surface area contributed by atoms with Gasteiger partial charge in [0.15, 0.2) is 11.2 Å². The number of H-pyrrole nitrogens is 1. The minimum absolute atomic E-state index is 0.201. The van der Waals surface area contributed by atoms with Gasteiger partial charge in [-0.15, -0.1) is 0 Å². The number of anilines is 1. The summed E-state index contributed by atoms with van der Waals surface area (Å²) in [5.41, 5.74) is 1.60. The van der Waals surface area contributed by atoms with Crippen molar-refractivity contribution >= 4 is 17.1 Å². The molecule has 0 aliphatic carbocycles. The Labute approximate surface area is 157 Å². The zero-order valence-corrected chi connectivity index (χ0v) is 16.0. The van der Waals surface area contributed by atoms with Gasteiger partial charge in [-0.3, -0.25) is 14.3 Å². The predicted octanol–water partition coefficient (Wildman–Crippen LogP) is 1.81. The molecule has 1 N–H and O–H groups in total. The number of nitrogens with one attached hydrogen (secondary N) is 1. The van der Waals surface area contributed by atoms with E-state index in [-0.39, 0.29) is 11.0 Å². The van der Waals surface area contributed by atoms with E-state index in [1.54, 1.807) is 11.6 Å². The van der Waals surface area contributed by atoms with Crippen molar-refractivity contribution in [2.24, 2.45) is 19.5 Å². The summed E-state index contributed by atoms with van der Waals surface area (Å²) in [6.45, 7) is 4.11. The van der Waals surface area contributed by atoms with Gasteiger partial charge in [-0.05, 0) is 30.2 Å². The van der Waals surface area contributed by atoms with E-state index in [4.69, 9.17) is 0 Å². The van der Waals surface area contributed by atoms with Crippen LogP contribution in [0, 0.1) is 5.41 Å². The number of aromatic nitrogens is 4. The van der Waals surface area contributed by atoms with E-state index in [9.17, 15) is 9.59 Å². The maximum absolute atomic E-state index is 12.2. The van der Waals surface area contributed by atoms with E-state index < -0.39 is 5.69 Å². The van der Waals surface area contributed by atoms with Gasteiger partial charge in [-0.25, -0.2) is 4.79 Å². The maximum atomic E-state index is 12.2. The molecule has 2 aromatic heterocycles. The topological polar surface area (TPSA) is 75.9 Å². The lowest BCUT2D eigenvalue weighted by Crippen LogP contribution is -2.29. The van der Waals surface area contributed by atoms with Crippen molar-refractivity contribution in [2.45, 2.75) is 26.2 Å². The van der Waals surface area contributed by atoms with E-state index in [1.165, 1.54) is 10.1 Å².